The van der Waals surface area contributed by atoms with Gasteiger partial charge < -0.3 is 9.88 Å². The number of aromatic nitrogens is 2. The first-order valence-electron chi connectivity index (χ1n) is 9.03. The fourth-order valence-electron chi connectivity index (χ4n) is 3.33. The maximum absolute atomic E-state index is 13.0. The summed E-state index contributed by atoms with van der Waals surface area (Å²) in [5, 5.41) is 3.26. The molecule has 9 heteroatoms. The summed E-state index contributed by atoms with van der Waals surface area (Å²) in [7, 11) is -3.79. The number of fused-ring (bicyclic) bond motifs is 1. The number of anilines is 2. The van der Waals surface area contributed by atoms with Crippen molar-refractivity contribution in [3.05, 3.63) is 71.1 Å². The third-order valence-corrected chi connectivity index (χ3v) is 6.98. The Bertz CT molecular complexity index is 1190. The van der Waals surface area contributed by atoms with E-state index in [0.29, 0.717) is 29.4 Å². The lowest BCUT2D eigenvalue weighted by molar-refractivity contribution is -0.116. The van der Waals surface area contributed by atoms with Gasteiger partial charge in [0.1, 0.15) is 6.54 Å². The summed E-state index contributed by atoms with van der Waals surface area (Å²) in [6, 6.07) is 12.7. The van der Waals surface area contributed by atoms with Crippen molar-refractivity contribution in [2.24, 2.45) is 0 Å². The molecule has 1 N–H and O–H groups in total. The molecular formula is C20H19ClN4O3S. The van der Waals surface area contributed by atoms with Crippen LogP contribution >= 0.6 is 11.6 Å². The van der Waals surface area contributed by atoms with Crippen molar-refractivity contribution in [2.45, 2.75) is 24.9 Å². The molecule has 4 rings (SSSR count). The molecule has 2 heterocycles. The molecule has 0 saturated heterocycles. The molecule has 29 heavy (non-hydrogen) atoms. The highest BCUT2D eigenvalue weighted by Crippen LogP contribution is 2.32. The molecule has 0 atom stereocenters. The van der Waals surface area contributed by atoms with Crippen molar-refractivity contribution in [3.8, 4) is 0 Å². The largest absolute Gasteiger partial charge is 0.327 e. The van der Waals surface area contributed by atoms with Gasteiger partial charge in [-0.1, -0.05) is 35.9 Å². The Balaban J connectivity index is 1.50. The lowest BCUT2D eigenvalue weighted by Gasteiger charge is -2.17. The van der Waals surface area contributed by atoms with Gasteiger partial charge in [-0.2, -0.15) is 8.42 Å². The van der Waals surface area contributed by atoms with E-state index in [9.17, 15) is 13.2 Å². The normalized spacial score (nSPS) is 13.4. The summed E-state index contributed by atoms with van der Waals surface area (Å²) in [4.78, 5) is 16.4. The standard InChI is InChI=1S/C20H19ClN4O3S/c1-14-16(21)6-4-7-17(14)23-19(26)11-24-12-20(22-13-24)29(27,28)25-10-9-15-5-2-3-8-18(15)25/h2-8,12-13H,9-11H2,1H3,(H,23,26). The van der Waals surface area contributed by atoms with Crippen LogP contribution in [0, 0.1) is 6.92 Å². The summed E-state index contributed by atoms with van der Waals surface area (Å²) in [5.41, 5.74) is 3.05. The van der Waals surface area contributed by atoms with Crippen LogP contribution in [0.3, 0.4) is 0 Å². The predicted molar refractivity (Wildman–Crippen MR) is 112 cm³/mol. The molecule has 1 amide bonds. The van der Waals surface area contributed by atoms with E-state index in [4.69, 9.17) is 11.6 Å². The Morgan fingerprint density at radius 3 is 2.83 bits per heavy atom. The second-order valence-corrected chi connectivity index (χ2v) is 9.02. The molecular weight excluding hydrogens is 412 g/mol. The van der Waals surface area contributed by atoms with Crippen molar-refractivity contribution >= 4 is 38.9 Å². The zero-order valence-electron chi connectivity index (χ0n) is 15.7. The molecule has 0 radical (unpaired) electrons. The van der Waals surface area contributed by atoms with E-state index < -0.39 is 10.0 Å². The fourth-order valence-corrected chi connectivity index (χ4v) is 4.95. The van der Waals surface area contributed by atoms with Crippen LogP contribution in [-0.4, -0.2) is 30.4 Å². The molecule has 1 aliphatic rings. The van der Waals surface area contributed by atoms with Gasteiger partial charge in [-0.15, -0.1) is 0 Å². The Kier molecular flexibility index (Phi) is 5.06. The van der Waals surface area contributed by atoms with Crippen molar-refractivity contribution in [1.29, 1.82) is 0 Å². The van der Waals surface area contributed by atoms with Gasteiger partial charge in [0.05, 0.1) is 12.0 Å². The van der Waals surface area contributed by atoms with E-state index in [1.807, 2.05) is 25.1 Å². The van der Waals surface area contributed by atoms with Gasteiger partial charge in [0.15, 0.2) is 5.03 Å². The number of imidazole rings is 1. The average Bonchev–Trinajstić information content (AvgIpc) is 3.33. The number of amides is 1. The van der Waals surface area contributed by atoms with Gasteiger partial charge in [0.2, 0.25) is 5.91 Å². The van der Waals surface area contributed by atoms with Gasteiger partial charge in [-0.25, -0.2) is 4.98 Å². The van der Waals surface area contributed by atoms with Crippen molar-refractivity contribution < 1.29 is 13.2 Å². The quantitative estimate of drug-likeness (QED) is 0.673. The number of hydrogen-bond acceptors (Lipinski definition) is 4. The number of benzene rings is 2. The maximum atomic E-state index is 13.0. The van der Waals surface area contributed by atoms with Gasteiger partial charge in [0, 0.05) is 23.5 Å². The van der Waals surface area contributed by atoms with E-state index in [0.717, 1.165) is 11.1 Å². The minimum Gasteiger partial charge on any atom is -0.327 e. The zero-order chi connectivity index (χ0) is 20.6. The number of nitrogens with one attached hydrogen (secondary N) is 1. The molecule has 3 aromatic rings. The van der Waals surface area contributed by atoms with Gasteiger partial charge in [0.25, 0.3) is 10.0 Å². The number of carbonyl (C=O) groups excluding carboxylic acids is 1. The van der Waals surface area contributed by atoms with E-state index in [-0.39, 0.29) is 17.5 Å². The first kappa shape index (κ1) is 19.5. The topological polar surface area (TPSA) is 84.3 Å². The summed E-state index contributed by atoms with van der Waals surface area (Å²) >= 11 is 6.07. The van der Waals surface area contributed by atoms with Gasteiger partial charge in [-0.3, -0.25) is 9.10 Å². The van der Waals surface area contributed by atoms with Crippen LogP contribution in [0.25, 0.3) is 0 Å². The molecule has 7 nitrogen and oxygen atoms in total. The van der Waals surface area contributed by atoms with Crippen LogP contribution in [0.4, 0.5) is 11.4 Å². The molecule has 0 fully saturated rings. The fraction of sp³-hybridized carbons (Fsp3) is 0.200. The predicted octanol–water partition coefficient (Wildman–Crippen LogP) is 3.24. The highest BCUT2D eigenvalue weighted by molar-refractivity contribution is 7.92. The summed E-state index contributed by atoms with van der Waals surface area (Å²) in [6.07, 6.45) is 3.39. The lowest BCUT2D eigenvalue weighted by Crippen LogP contribution is -2.29. The SMILES string of the molecule is Cc1c(Cl)cccc1NC(=O)Cn1cnc(S(=O)(=O)N2CCc3ccccc32)c1. The highest BCUT2D eigenvalue weighted by atomic mass is 35.5. The molecule has 0 unspecified atom stereocenters. The zero-order valence-corrected chi connectivity index (χ0v) is 17.2. The minimum atomic E-state index is -3.79. The van der Waals surface area contributed by atoms with Crippen LogP contribution in [0.5, 0.6) is 0 Å². The molecule has 2 aromatic carbocycles. The Hall–Kier alpha value is -2.84. The van der Waals surface area contributed by atoms with Gasteiger partial charge >= 0.3 is 0 Å². The first-order chi connectivity index (χ1) is 13.9. The molecule has 150 valence electrons. The van der Waals surface area contributed by atoms with Gasteiger partial charge in [-0.05, 0) is 42.7 Å². The number of hydrogen-bond donors (Lipinski definition) is 1. The molecule has 1 aromatic heterocycles. The number of para-hydroxylation sites is 1. The van der Waals surface area contributed by atoms with Crippen molar-refractivity contribution in [2.75, 3.05) is 16.2 Å². The average molecular weight is 431 g/mol. The molecule has 0 aliphatic carbocycles. The Morgan fingerprint density at radius 2 is 2.00 bits per heavy atom. The number of carbonyl (C=O) groups is 1. The van der Waals surface area contributed by atoms with Crippen molar-refractivity contribution in [1.82, 2.24) is 9.55 Å². The Morgan fingerprint density at radius 1 is 1.21 bits per heavy atom. The molecule has 0 saturated carbocycles. The maximum Gasteiger partial charge on any atom is 0.283 e. The van der Waals surface area contributed by atoms with Crippen LogP contribution in [0.1, 0.15) is 11.1 Å². The highest BCUT2D eigenvalue weighted by Gasteiger charge is 2.32. The van der Waals surface area contributed by atoms with E-state index in [1.54, 1.807) is 24.3 Å². The van der Waals surface area contributed by atoms with Crippen molar-refractivity contribution in [3.63, 3.8) is 0 Å². The lowest BCUT2D eigenvalue weighted by atomic mass is 10.2. The first-order valence-corrected chi connectivity index (χ1v) is 10.9. The minimum absolute atomic E-state index is 0.0644. The second kappa shape index (κ2) is 7.53. The van der Waals surface area contributed by atoms with E-state index >= 15 is 0 Å². The van der Waals surface area contributed by atoms with Crippen LogP contribution in [0.15, 0.2) is 60.0 Å². The third kappa shape index (κ3) is 3.73. The third-order valence-electron chi connectivity index (χ3n) is 4.88. The van der Waals surface area contributed by atoms with E-state index in [2.05, 4.69) is 10.3 Å². The summed E-state index contributed by atoms with van der Waals surface area (Å²) in [6.45, 7) is 2.13. The number of sulfonamides is 1. The van der Waals surface area contributed by atoms with E-state index in [1.165, 1.54) is 21.4 Å². The number of halogens is 1. The van der Waals surface area contributed by atoms with Crippen LogP contribution in [-0.2, 0) is 27.8 Å². The monoisotopic (exact) mass is 430 g/mol. The molecule has 0 bridgehead atoms. The number of rotatable bonds is 5. The smallest absolute Gasteiger partial charge is 0.283 e. The Labute approximate surface area is 174 Å². The summed E-state index contributed by atoms with van der Waals surface area (Å²) in [5.74, 6) is -0.303. The van der Waals surface area contributed by atoms with Crippen LogP contribution in [0.2, 0.25) is 5.02 Å². The molecule has 0 spiro atoms. The molecule has 1 aliphatic heterocycles. The second-order valence-electron chi connectivity index (χ2n) is 6.80. The summed E-state index contributed by atoms with van der Waals surface area (Å²) < 4.78 is 28.8. The van der Waals surface area contributed by atoms with Crippen LogP contribution < -0.4 is 9.62 Å². The number of nitrogens with zero attached hydrogens (tertiary/aromatic N) is 3.